The highest BCUT2D eigenvalue weighted by atomic mass is 16.6. The van der Waals surface area contributed by atoms with Crippen molar-refractivity contribution in [2.75, 3.05) is 0 Å². The van der Waals surface area contributed by atoms with Gasteiger partial charge in [0.15, 0.2) is 17.6 Å². The van der Waals surface area contributed by atoms with Crippen molar-refractivity contribution in [2.45, 2.75) is 44.4 Å². The van der Waals surface area contributed by atoms with Crippen LogP contribution in [0.1, 0.15) is 70.1 Å². The van der Waals surface area contributed by atoms with Crippen LogP contribution in [0.25, 0.3) is 0 Å². The topological polar surface area (TPSA) is 119 Å². The first kappa shape index (κ1) is 24.7. The molecule has 6 rings (SSSR count). The molecule has 1 fully saturated rings. The molecule has 196 valence electrons. The van der Waals surface area contributed by atoms with Crippen molar-refractivity contribution >= 4 is 29.4 Å². The Morgan fingerprint density at radius 3 is 2.13 bits per heavy atom. The fourth-order valence-electron chi connectivity index (χ4n) is 6.29. The van der Waals surface area contributed by atoms with Gasteiger partial charge in [-0.2, -0.15) is 5.10 Å². The zero-order valence-electron chi connectivity index (χ0n) is 21.5. The molecule has 0 saturated carbocycles. The van der Waals surface area contributed by atoms with Gasteiger partial charge in [-0.25, -0.2) is 4.79 Å². The number of non-ortho nitro benzene ring substituents is 1. The van der Waals surface area contributed by atoms with Gasteiger partial charge in [0.2, 0.25) is 0 Å². The maximum Gasteiger partial charge on any atom is 0.331 e. The Labute approximate surface area is 224 Å². The number of hydrogen-bond acceptors (Lipinski definition) is 8. The molecule has 0 amide bonds. The third-order valence-corrected chi connectivity index (χ3v) is 7.69. The number of ether oxygens (including phenoxy) is 1. The van der Waals surface area contributed by atoms with Crippen LogP contribution < -0.4 is 0 Å². The molecule has 9 heteroatoms. The molecule has 0 radical (unpaired) electrons. The largest absolute Gasteiger partial charge is 0.458 e. The van der Waals surface area contributed by atoms with E-state index in [4.69, 9.17) is 4.74 Å². The first-order valence-corrected chi connectivity index (χ1v) is 12.6. The Bertz CT molecular complexity index is 1550. The normalized spacial score (nSPS) is 22.4. The number of hydrogen-bond donors (Lipinski definition) is 0. The molecule has 3 atom stereocenters. The van der Waals surface area contributed by atoms with Gasteiger partial charge >= 0.3 is 5.97 Å². The number of nitro benzene ring substituents is 1. The fraction of sp³-hybridized carbons (Fsp3) is 0.267. The Balaban J connectivity index is 1.66. The number of carbonyl (C=O) groups is 3. The summed E-state index contributed by atoms with van der Waals surface area (Å²) in [6.45, 7) is 5.22. The summed E-state index contributed by atoms with van der Waals surface area (Å²) in [6, 6.07) is 17.6. The number of nitrogens with zero attached hydrogens (tertiary/aromatic N) is 3. The molecule has 3 aromatic carbocycles. The van der Waals surface area contributed by atoms with E-state index in [-0.39, 0.29) is 16.8 Å². The Morgan fingerprint density at radius 1 is 0.949 bits per heavy atom. The first-order chi connectivity index (χ1) is 18.6. The molecule has 0 aromatic heterocycles. The van der Waals surface area contributed by atoms with Gasteiger partial charge in [-0.15, -0.1) is 0 Å². The molecule has 39 heavy (non-hydrogen) atoms. The van der Waals surface area contributed by atoms with Crippen molar-refractivity contribution < 1.29 is 24.0 Å². The van der Waals surface area contributed by atoms with Gasteiger partial charge in [0, 0.05) is 29.2 Å². The quantitative estimate of drug-likeness (QED) is 0.208. The van der Waals surface area contributed by atoms with Gasteiger partial charge in [-0.1, -0.05) is 60.7 Å². The highest BCUT2D eigenvalue weighted by Crippen LogP contribution is 2.64. The van der Waals surface area contributed by atoms with Gasteiger partial charge in [0.05, 0.1) is 17.2 Å². The lowest BCUT2D eigenvalue weighted by atomic mass is 9.63. The third kappa shape index (κ3) is 3.46. The van der Waals surface area contributed by atoms with Crippen LogP contribution in [0.15, 0.2) is 77.9 Å². The monoisotopic (exact) mass is 523 g/mol. The molecule has 3 aromatic rings. The lowest BCUT2D eigenvalue weighted by Gasteiger charge is -2.36. The van der Waals surface area contributed by atoms with Crippen LogP contribution in [0.4, 0.5) is 5.69 Å². The number of rotatable bonds is 3. The van der Waals surface area contributed by atoms with Crippen LogP contribution in [0.2, 0.25) is 0 Å². The number of ketones is 2. The number of fused-ring (bicyclic) bond motifs is 5. The highest BCUT2D eigenvalue weighted by molar-refractivity contribution is 6.31. The molecule has 3 aliphatic rings. The summed E-state index contributed by atoms with van der Waals surface area (Å²) in [4.78, 5) is 53.9. The average molecular weight is 524 g/mol. The molecule has 1 saturated heterocycles. The van der Waals surface area contributed by atoms with Crippen LogP contribution in [0, 0.1) is 15.5 Å². The highest BCUT2D eigenvalue weighted by Gasteiger charge is 2.73. The van der Waals surface area contributed by atoms with E-state index in [1.807, 2.05) is 24.3 Å². The maximum atomic E-state index is 14.5. The number of nitro groups is 1. The number of Topliss-reactive ketones (excluding diaryl/α,β-unsaturated/α-hetero) is 2. The number of benzene rings is 3. The lowest BCUT2D eigenvalue weighted by molar-refractivity contribution is -0.384. The minimum absolute atomic E-state index is 0.145. The van der Waals surface area contributed by atoms with Gasteiger partial charge in [-0.05, 0) is 37.5 Å². The molecular formula is C30H25N3O6. The molecule has 2 aliphatic heterocycles. The molecule has 1 aliphatic carbocycles. The third-order valence-electron chi connectivity index (χ3n) is 7.69. The van der Waals surface area contributed by atoms with Crippen LogP contribution >= 0.6 is 0 Å². The van der Waals surface area contributed by atoms with Crippen molar-refractivity contribution in [3.8, 4) is 0 Å². The second kappa shape index (κ2) is 8.42. The van der Waals surface area contributed by atoms with Gasteiger partial charge < -0.3 is 4.74 Å². The number of hydrazone groups is 1. The minimum Gasteiger partial charge on any atom is -0.458 e. The van der Waals surface area contributed by atoms with Crippen molar-refractivity contribution in [2.24, 2.45) is 10.5 Å². The predicted octanol–water partition coefficient (Wildman–Crippen LogP) is 4.86. The fourth-order valence-corrected chi connectivity index (χ4v) is 6.29. The van der Waals surface area contributed by atoms with Crippen LogP contribution in [-0.2, 0) is 9.53 Å². The zero-order chi connectivity index (χ0) is 27.7. The lowest BCUT2D eigenvalue weighted by Crippen LogP contribution is -2.44. The van der Waals surface area contributed by atoms with E-state index in [1.165, 1.54) is 29.3 Å². The standard InChI is InChI=1S/C30H25N3O6/c1-29(2,3)39-28(36)24-23(17-12-14-19(15-13-17)33(37)38)30(26(34)21-10-6-7-11-22(21)27(30)35)25-20-9-5-4-8-18(20)16-31-32(24)25/h4-16,23-25H,1-3H3/t23-,24+,25+/m0/s1. The number of esters is 1. The Hall–Kier alpha value is -4.66. The van der Waals surface area contributed by atoms with E-state index in [9.17, 15) is 24.5 Å². The van der Waals surface area contributed by atoms with Crippen LogP contribution in [-0.4, -0.2) is 45.3 Å². The summed E-state index contributed by atoms with van der Waals surface area (Å²) in [5, 5.41) is 17.6. The SMILES string of the molecule is CC(C)(C)OC(=O)[C@H]1[C@H](c2ccc([N+](=O)[O-])cc2)C2(C(=O)c3ccccc3C2=O)[C@H]2c3ccccc3C=NN12. The van der Waals surface area contributed by atoms with Crippen LogP contribution in [0.5, 0.6) is 0 Å². The molecule has 0 unspecified atom stereocenters. The Kier molecular flexibility index (Phi) is 5.33. The molecule has 1 spiro atoms. The van der Waals surface area contributed by atoms with Crippen LogP contribution in [0.3, 0.4) is 0 Å². The van der Waals surface area contributed by atoms with E-state index >= 15 is 0 Å². The second-order valence-electron chi connectivity index (χ2n) is 11.0. The summed E-state index contributed by atoms with van der Waals surface area (Å²) < 4.78 is 5.84. The predicted molar refractivity (Wildman–Crippen MR) is 142 cm³/mol. The summed E-state index contributed by atoms with van der Waals surface area (Å²) >= 11 is 0. The van der Waals surface area contributed by atoms with Crippen molar-refractivity contribution in [3.05, 3.63) is 111 Å². The van der Waals surface area contributed by atoms with Crippen molar-refractivity contribution in [1.29, 1.82) is 0 Å². The van der Waals surface area contributed by atoms with Gasteiger partial charge in [0.25, 0.3) is 5.69 Å². The smallest absolute Gasteiger partial charge is 0.331 e. The Morgan fingerprint density at radius 2 is 1.54 bits per heavy atom. The second-order valence-corrected chi connectivity index (χ2v) is 11.0. The maximum absolute atomic E-state index is 14.5. The summed E-state index contributed by atoms with van der Waals surface area (Å²) in [5.74, 6) is -2.48. The minimum atomic E-state index is -1.75. The molecule has 0 bridgehead atoms. The summed E-state index contributed by atoms with van der Waals surface area (Å²) in [7, 11) is 0. The van der Waals surface area contributed by atoms with E-state index < -0.39 is 51.5 Å². The number of carbonyl (C=O) groups excluding carboxylic acids is 3. The molecule has 2 heterocycles. The van der Waals surface area contributed by atoms with E-state index in [2.05, 4.69) is 5.10 Å². The van der Waals surface area contributed by atoms with E-state index in [1.54, 1.807) is 51.3 Å². The van der Waals surface area contributed by atoms with Crippen molar-refractivity contribution in [3.63, 3.8) is 0 Å². The van der Waals surface area contributed by atoms with Gasteiger partial charge in [0.1, 0.15) is 11.0 Å². The first-order valence-electron chi connectivity index (χ1n) is 12.6. The molecular weight excluding hydrogens is 498 g/mol. The molecule has 9 nitrogen and oxygen atoms in total. The average Bonchev–Trinajstić information content (AvgIpc) is 3.34. The van der Waals surface area contributed by atoms with Gasteiger partial charge in [-0.3, -0.25) is 24.7 Å². The summed E-state index contributed by atoms with van der Waals surface area (Å²) in [5.41, 5.74) is -0.317. The van der Waals surface area contributed by atoms with E-state index in [0.717, 1.165) is 5.56 Å². The summed E-state index contributed by atoms with van der Waals surface area (Å²) in [6.07, 6.45) is 1.62. The molecule has 0 N–H and O–H groups in total. The zero-order valence-corrected chi connectivity index (χ0v) is 21.5. The van der Waals surface area contributed by atoms with Crippen molar-refractivity contribution in [1.82, 2.24) is 5.01 Å². The van der Waals surface area contributed by atoms with E-state index in [0.29, 0.717) is 11.1 Å².